The van der Waals surface area contributed by atoms with E-state index in [1.54, 1.807) is 23.2 Å². The third kappa shape index (κ3) is 5.13. The number of ether oxygens (including phenoxy) is 1. The maximum Gasteiger partial charge on any atom is 0.322 e. The van der Waals surface area contributed by atoms with Crippen LogP contribution in [0.25, 0.3) is 10.8 Å². The van der Waals surface area contributed by atoms with E-state index in [2.05, 4.69) is 10.3 Å². The van der Waals surface area contributed by atoms with E-state index in [1.165, 1.54) is 18.2 Å². The highest BCUT2D eigenvalue weighted by Gasteiger charge is 2.17. The summed E-state index contributed by atoms with van der Waals surface area (Å²) in [6, 6.07) is 10.8. The lowest BCUT2D eigenvalue weighted by Crippen LogP contribution is -2.37. The highest BCUT2D eigenvalue weighted by molar-refractivity contribution is 6.31. The van der Waals surface area contributed by atoms with Gasteiger partial charge in [0.1, 0.15) is 5.82 Å². The molecule has 0 aliphatic rings. The summed E-state index contributed by atoms with van der Waals surface area (Å²) < 4.78 is 18.8. The summed E-state index contributed by atoms with van der Waals surface area (Å²) in [5, 5.41) is 3.98. The third-order valence-corrected chi connectivity index (χ3v) is 4.71. The molecule has 2 amide bonds. The summed E-state index contributed by atoms with van der Waals surface area (Å²) in [7, 11) is 0. The number of nitrogens with zero attached hydrogens (tertiary/aromatic N) is 1. The molecule has 0 fully saturated rings. The standard InChI is InChI=1S/C21H21ClFN3O3/c1-2-29-10-9-26(21(28)25-15-7-8-19(23)18(22)11-15)13-14-12-24-20(27)17-6-4-3-5-16(14)17/h3-8,11-12H,2,9-10,13H2,1H3,(H,24,27)(H,25,28). The van der Waals surface area contributed by atoms with Gasteiger partial charge in [0.15, 0.2) is 0 Å². The zero-order chi connectivity index (χ0) is 20.8. The van der Waals surface area contributed by atoms with E-state index in [0.29, 0.717) is 30.8 Å². The molecule has 0 atom stereocenters. The van der Waals surface area contributed by atoms with Gasteiger partial charge < -0.3 is 19.9 Å². The van der Waals surface area contributed by atoms with Crippen molar-refractivity contribution in [1.29, 1.82) is 0 Å². The van der Waals surface area contributed by atoms with Crippen molar-refractivity contribution in [3.05, 3.63) is 75.4 Å². The van der Waals surface area contributed by atoms with Crippen LogP contribution in [0.2, 0.25) is 5.02 Å². The van der Waals surface area contributed by atoms with Crippen molar-refractivity contribution < 1.29 is 13.9 Å². The molecule has 8 heteroatoms. The van der Waals surface area contributed by atoms with Gasteiger partial charge in [-0.15, -0.1) is 0 Å². The number of aromatic amines is 1. The molecule has 0 bridgehead atoms. The first-order valence-electron chi connectivity index (χ1n) is 9.17. The molecule has 3 rings (SSSR count). The highest BCUT2D eigenvalue weighted by atomic mass is 35.5. The zero-order valence-corrected chi connectivity index (χ0v) is 16.6. The van der Waals surface area contributed by atoms with Crippen molar-refractivity contribution in [3.8, 4) is 0 Å². The lowest BCUT2D eigenvalue weighted by atomic mass is 10.1. The molecule has 0 spiro atoms. The minimum absolute atomic E-state index is 0.0738. The average Bonchev–Trinajstić information content (AvgIpc) is 2.72. The minimum atomic E-state index is -0.558. The summed E-state index contributed by atoms with van der Waals surface area (Å²) in [5.74, 6) is -0.558. The summed E-state index contributed by atoms with van der Waals surface area (Å²) in [6.07, 6.45) is 1.61. The molecule has 3 aromatic rings. The average molecular weight is 418 g/mol. The second-order valence-electron chi connectivity index (χ2n) is 6.37. The van der Waals surface area contributed by atoms with Crippen LogP contribution < -0.4 is 10.9 Å². The van der Waals surface area contributed by atoms with E-state index >= 15 is 0 Å². The number of anilines is 1. The van der Waals surface area contributed by atoms with Crippen LogP contribution in [0.4, 0.5) is 14.9 Å². The minimum Gasteiger partial charge on any atom is -0.380 e. The van der Waals surface area contributed by atoms with Crippen molar-refractivity contribution in [2.24, 2.45) is 0 Å². The van der Waals surface area contributed by atoms with E-state index in [9.17, 15) is 14.0 Å². The van der Waals surface area contributed by atoms with Gasteiger partial charge in [-0.25, -0.2) is 9.18 Å². The summed E-state index contributed by atoms with van der Waals surface area (Å²) >= 11 is 5.80. The Kier molecular flexibility index (Phi) is 6.85. The van der Waals surface area contributed by atoms with Crippen molar-refractivity contribution in [2.75, 3.05) is 25.1 Å². The number of nitrogens with one attached hydrogen (secondary N) is 2. The van der Waals surface area contributed by atoms with Crippen molar-refractivity contribution in [1.82, 2.24) is 9.88 Å². The fourth-order valence-corrected chi connectivity index (χ4v) is 3.13. The number of pyridine rings is 1. The number of urea groups is 1. The number of benzene rings is 2. The Hall–Kier alpha value is -2.90. The summed E-state index contributed by atoms with van der Waals surface area (Å²) in [5.41, 5.74) is 0.994. The number of hydrogen-bond acceptors (Lipinski definition) is 3. The number of aromatic nitrogens is 1. The molecule has 0 saturated heterocycles. The Morgan fingerprint density at radius 2 is 2.00 bits per heavy atom. The molecule has 0 aliphatic heterocycles. The maximum absolute atomic E-state index is 13.4. The molecule has 0 radical (unpaired) electrons. The molecule has 29 heavy (non-hydrogen) atoms. The van der Waals surface area contributed by atoms with Gasteiger partial charge in [0.05, 0.1) is 11.6 Å². The molecule has 1 aromatic heterocycles. The smallest absolute Gasteiger partial charge is 0.322 e. The van der Waals surface area contributed by atoms with Gasteiger partial charge in [-0.2, -0.15) is 0 Å². The second kappa shape index (κ2) is 9.54. The van der Waals surface area contributed by atoms with Crippen LogP contribution in [0.1, 0.15) is 12.5 Å². The van der Waals surface area contributed by atoms with Gasteiger partial charge >= 0.3 is 6.03 Å². The number of rotatable bonds is 7. The Morgan fingerprint density at radius 3 is 2.72 bits per heavy atom. The van der Waals surface area contributed by atoms with Gasteiger partial charge in [-0.1, -0.05) is 29.8 Å². The first-order chi connectivity index (χ1) is 14.0. The first kappa shape index (κ1) is 20.8. The molecule has 152 valence electrons. The van der Waals surface area contributed by atoms with E-state index in [1.807, 2.05) is 19.1 Å². The van der Waals surface area contributed by atoms with Gasteiger partial charge in [0, 0.05) is 37.0 Å². The molecular formula is C21H21ClFN3O3. The number of carbonyl (C=O) groups is 1. The van der Waals surface area contributed by atoms with Crippen molar-refractivity contribution in [3.63, 3.8) is 0 Å². The summed E-state index contributed by atoms with van der Waals surface area (Å²) in [4.78, 5) is 29.2. The fourth-order valence-electron chi connectivity index (χ4n) is 2.95. The second-order valence-corrected chi connectivity index (χ2v) is 6.77. The molecule has 0 unspecified atom stereocenters. The van der Waals surface area contributed by atoms with Crippen LogP contribution in [0, 0.1) is 5.82 Å². The predicted molar refractivity (Wildman–Crippen MR) is 112 cm³/mol. The molecule has 0 aliphatic carbocycles. The fraction of sp³-hybridized carbons (Fsp3) is 0.238. The largest absolute Gasteiger partial charge is 0.380 e. The normalized spacial score (nSPS) is 10.9. The molecule has 1 heterocycles. The molecule has 6 nitrogen and oxygen atoms in total. The van der Waals surface area contributed by atoms with E-state index < -0.39 is 5.82 Å². The number of fused-ring (bicyclic) bond motifs is 1. The lowest BCUT2D eigenvalue weighted by molar-refractivity contribution is 0.120. The molecule has 2 aromatic carbocycles. The maximum atomic E-state index is 13.4. The Balaban J connectivity index is 1.85. The van der Waals surface area contributed by atoms with Crippen LogP contribution in [0.3, 0.4) is 0 Å². The molecular weight excluding hydrogens is 397 g/mol. The Bertz CT molecular complexity index is 1070. The highest BCUT2D eigenvalue weighted by Crippen LogP contribution is 2.21. The molecule has 2 N–H and O–H groups in total. The number of hydrogen-bond donors (Lipinski definition) is 2. The van der Waals surface area contributed by atoms with Gasteiger partial charge in [0.25, 0.3) is 5.56 Å². The Morgan fingerprint density at radius 1 is 1.24 bits per heavy atom. The van der Waals surface area contributed by atoms with E-state index in [4.69, 9.17) is 16.3 Å². The van der Waals surface area contributed by atoms with Crippen molar-refractivity contribution >= 4 is 34.1 Å². The van der Waals surface area contributed by atoms with Crippen LogP contribution >= 0.6 is 11.6 Å². The predicted octanol–water partition coefficient (Wildman–Crippen LogP) is 4.39. The van der Waals surface area contributed by atoms with E-state index in [-0.39, 0.29) is 23.2 Å². The lowest BCUT2D eigenvalue weighted by Gasteiger charge is -2.24. The monoisotopic (exact) mass is 417 g/mol. The molecule has 0 saturated carbocycles. The quantitative estimate of drug-likeness (QED) is 0.560. The number of carbonyl (C=O) groups excluding carboxylic acids is 1. The first-order valence-corrected chi connectivity index (χ1v) is 9.55. The van der Waals surface area contributed by atoms with Gasteiger partial charge in [-0.05, 0) is 42.1 Å². The zero-order valence-electron chi connectivity index (χ0n) is 15.9. The van der Waals surface area contributed by atoms with Crippen LogP contribution in [-0.4, -0.2) is 35.7 Å². The topological polar surface area (TPSA) is 74.4 Å². The van der Waals surface area contributed by atoms with Crippen LogP contribution in [0.15, 0.2) is 53.5 Å². The van der Waals surface area contributed by atoms with Gasteiger partial charge in [-0.3, -0.25) is 4.79 Å². The van der Waals surface area contributed by atoms with Crippen LogP contribution in [-0.2, 0) is 11.3 Å². The number of amides is 2. The third-order valence-electron chi connectivity index (χ3n) is 4.42. The van der Waals surface area contributed by atoms with E-state index in [0.717, 1.165) is 10.9 Å². The van der Waals surface area contributed by atoms with Gasteiger partial charge in [0.2, 0.25) is 0 Å². The van der Waals surface area contributed by atoms with Crippen molar-refractivity contribution in [2.45, 2.75) is 13.5 Å². The van der Waals surface area contributed by atoms with Crippen LogP contribution in [0.5, 0.6) is 0 Å². The Labute approximate surface area is 172 Å². The SMILES string of the molecule is CCOCCN(Cc1c[nH]c(=O)c2ccccc12)C(=O)Nc1ccc(F)c(Cl)c1. The summed E-state index contributed by atoms with van der Waals surface area (Å²) in [6.45, 7) is 3.35. The number of halogens is 2. The number of H-pyrrole nitrogens is 1.